The number of methoxy groups -OCH3 is 1. The van der Waals surface area contributed by atoms with Gasteiger partial charge >= 0.3 is 5.97 Å². The van der Waals surface area contributed by atoms with Crippen LogP contribution in [0, 0.1) is 0 Å². The van der Waals surface area contributed by atoms with E-state index in [1.54, 1.807) is 43.5 Å². The summed E-state index contributed by atoms with van der Waals surface area (Å²) in [5, 5.41) is 9.70. The molecule has 0 spiro atoms. The number of carbonyl (C=O) groups is 1. The van der Waals surface area contributed by atoms with Crippen LogP contribution in [0.4, 0.5) is 0 Å². The normalized spacial score (nSPS) is 11.7. The predicted octanol–water partition coefficient (Wildman–Crippen LogP) is 3.42. The third-order valence-electron chi connectivity index (χ3n) is 2.94. The van der Waals surface area contributed by atoms with E-state index in [1.807, 2.05) is 12.1 Å². The Labute approximate surface area is 127 Å². The van der Waals surface area contributed by atoms with Crippen molar-refractivity contribution in [3.63, 3.8) is 0 Å². The molecule has 0 amide bonds. The molecule has 0 aliphatic rings. The van der Waals surface area contributed by atoms with E-state index in [2.05, 4.69) is 0 Å². The summed E-state index contributed by atoms with van der Waals surface area (Å²) >= 11 is 5.99. The molecule has 110 valence electrons. The van der Waals surface area contributed by atoms with Crippen LogP contribution < -0.4 is 9.47 Å². The van der Waals surface area contributed by atoms with E-state index >= 15 is 0 Å². The molecule has 2 rings (SSSR count). The van der Waals surface area contributed by atoms with Crippen LogP contribution in [0.2, 0.25) is 5.02 Å². The summed E-state index contributed by atoms with van der Waals surface area (Å²) in [6.07, 6.45) is -0.797. The van der Waals surface area contributed by atoms with Gasteiger partial charge in [0.05, 0.1) is 12.1 Å². The Kier molecular flexibility index (Phi) is 5.06. The fourth-order valence-corrected chi connectivity index (χ4v) is 2.07. The molecule has 2 aromatic rings. The van der Waals surface area contributed by atoms with Gasteiger partial charge in [-0.25, -0.2) is 4.79 Å². The second-order valence-electron chi connectivity index (χ2n) is 4.43. The third kappa shape index (κ3) is 4.13. The fourth-order valence-electron chi connectivity index (χ4n) is 1.89. The van der Waals surface area contributed by atoms with Gasteiger partial charge in [0.15, 0.2) is 6.10 Å². The van der Waals surface area contributed by atoms with Gasteiger partial charge in [-0.05, 0) is 29.8 Å². The third-order valence-corrected chi connectivity index (χ3v) is 3.25. The van der Waals surface area contributed by atoms with Gasteiger partial charge in [0.25, 0.3) is 0 Å². The fraction of sp³-hybridized carbons (Fsp3) is 0.188. The first kappa shape index (κ1) is 15.2. The molecule has 0 saturated carbocycles. The van der Waals surface area contributed by atoms with E-state index in [0.29, 0.717) is 16.5 Å². The SMILES string of the molecule is COc1cccc(CC(Oc2ccccc2Cl)C(=O)O)c1. The topological polar surface area (TPSA) is 55.8 Å². The van der Waals surface area contributed by atoms with Crippen LogP contribution in [0.25, 0.3) is 0 Å². The molecule has 1 atom stereocenters. The molecule has 4 nitrogen and oxygen atoms in total. The van der Waals surface area contributed by atoms with E-state index in [0.717, 1.165) is 5.56 Å². The Hall–Kier alpha value is -2.20. The van der Waals surface area contributed by atoms with Gasteiger partial charge in [0.1, 0.15) is 11.5 Å². The number of hydrogen-bond acceptors (Lipinski definition) is 3. The van der Waals surface area contributed by atoms with Gasteiger partial charge in [-0.1, -0.05) is 35.9 Å². The Morgan fingerprint density at radius 2 is 2.00 bits per heavy atom. The highest BCUT2D eigenvalue weighted by atomic mass is 35.5. The van der Waals surface area contributed by atoms with Crippen molar-refractivity contribution >= 4 is 17.6 Å². The van der Waals surface area contributed by atoms with Crippen LogP contribution in [0.15, 0.2) is 48.5 Å². The van der Waals surface area contributed by atoms with Crippen molar-refractivity contribution < 1.29 is 19.4 Å². The van der Waals surface area contributed by atoms with Crippen LogP contribution in [-0.4, -0.2) is 24.3 Å². The monoisotopic (exact) mass is 306 g/mol. The van der Waals surface area contributed by atoms with Gasteiger partial charge in [-0.15, -0.1) is 0 Å². The van der Waals surface area contributed by atoms with Gasteiger partial charge in [0, 0.05) is 6.42 Å². The van der Waals surface area contributed by atoms with Crippen LogP contribution >= 0.6 is 11.6 Å². The van der Waals surface area contributed by atoms with Gasteiger partial charge < -0.3 is 14.6 Å². The van der Waals surface area contributed by atoms with E-state index in [-0.39, 0.29) is 6.42 Å². The highest BCUT2D eigenvalue weighted by Crippen LogP contribution is 2.25. The summed E-state index contributed by atoms with van der Waals surface area (Å²) in [5.74, 6) is -0.0124. The average molecular weight is 307 g/mol. The Balaban J connectivity index is 2.16. The number of hydrogen-bond donors (Lipinski definition) is 1. The van der Waals surface area contributed by atoms with Crippen LogP contribution in [0.1, 0.15) is 5.56 Å². The maximum Gasteiger partial charge on any atom is 0.345 e. The van der Waals surface area contributed by atoms with Gasteiger partial charge in [-0.2, -0.15) is 0 Å². The molecule has 0 saturated heterocycles. The quantitative estimate of drug-likeness (QED) is 0.888. The summed E-state index contributed by atoms with van der Waals surface area (Å²) in [7, 11) is 1.56. The number of rotatable bonds is 6. The number of aliphatic carboxylic acids is 1. The zero-order valence-corrected chi connectivity index (χ0v) is 12.2. The lowest BCUT2D eigenvalue weighted by molar-refractivity contribution is -0.145. The molecule has 0 aliphatic carbocycles. The van der Waals surface area contributed by atoms with Gasteiger partial charge in [0.2, 0.25) is 0 Å². The minimum atomic E-state index is -1.04. The molecule has 1 unspecified atom stereocenters. The largest absolute Gasteiger partial charge is 0.497 e. The van der Waals surface area contributed by atoms with Crippen molar-refractivity contribution in [2.75, 3.05) is 7.11 Å². The van der Waals surface area contributed by atoms with Crippen molar-refractivity contribution in [2.24, 2.45) is 0 Å². The summed E-state index contributed by atoms with van der Waals surface area (Å²) in [4.78, 5) is 11.4. The lowest BCUT2D eigenvalue weighted by Crippen LogP contribution is -2.29. The molecule has 0 bridgehead atoms. The number of halogens is 1. The number of ether oxygens (including phenoxy) is 2. The number of carboxylic acid groups (broad SMARTS) is 1. The molecule has 0 heterocycles. The molecule has 2 aromatic carbocycles. The Bertz CT molecular complexity index is 627. The maximum absolute atomic E-state index is 11.4. The van der Waals surface area contributed by atoms with E-state index in [4.69, 9.17) is 21.1 Å². The molecule has 0 aliphatic heterocycles. The molecule has 1 N–H and O–H groups in total. The van der Waals surface area contributed by atoms with Crippen molar-refractivity contribution in [1.82, 2.24) is 0 Å². The smallest absolute Gasteiger partial charge is 0.345 e. The summed E-state index contributed by atoms with van der Waals surface area (Å²) in [6.45, 7) is 0. The zero-order chi connectivity index (χ0) is 15.2. The molecule has 0 fully saturated rings. The summed E-state index contributed by atoms with van der Waals surface area (Å²) in [5.41, 5.74) is 0.814. The minimum Gasteiger partial charge on any atom is -0.497 e. The summed E-state index contributed by atoms with van der Waals surface area (Å²) < 4.78 is 10.6. The lowest BCUT2D eigenvalue weighted by atomic mass is 10.1. The van der Waals surface area contributed by atoms with Crippen molar-refractivity contribution in [3.05, 3.63) is 59.1 Å². The number of benzene rings is 2. The molecular weight excluding hydrogens is 292 g/mol. The molecule has 0 radical (unpaired) electrons. The zero-order valence-electron chi connectivity index (χ0n) is 11.5. The molecule has 5 heteroatoms. The second-order valence-corrected chi connectivity index (χ2v) is 4.84. The Morgan fingerprint density at radius 1 is 1.24 bits per heavy atom. The van der Waals surface area contributed by atoms with E-state index in [1.165, 1.54) is 0 Å². The van der Waals surface area contributed by atoms with Crippen molar-refractivity contribution in [3.8, 4) is 11.5 Å². The lowest BCUT2D eigenvalue weighted by Gasteiger charge is -2.16. The highest BCUT2D eigenvalue weighted by molar-refractivity contribution is 6.32. The van der Waals surface area contributed by atoms with Crippen LogP contribution in [0.3, 0.4) is 0 Å². The molecule has 21 heavy (non-hydrogen) atoms. The van der Waals surface area contributed by atoms with Crippen molar-refractivity contribution in [2.45, 2.75) is 12.5 Å². The Morgan fingerprint density at radius 3 is 2.67 bits per heavy atom. The standard InChI is InChI=1S/C16H15ClO4/c1-20-12-6-4-5-11(9-12)10-15(16(18)19)21-14-8-3-2-7-13(14)17/h2-9,15H,10H2,1H3,(H,18,19). The van der Waals surface area contributed by atoms with Crippen molar-refractivity contribution in [1.29, 1.82) is 0 Å². The van der Waals surface area contributed by atoms with Gasteiger partial charge in [-0.3, -0.25) is 0 Å². The first-order chi connectivity index (χ1) is 10.1. The van der Waals surface area contributed by atoms with E-state index < -0.39 is 12.1 Å². The predicted molar refractivity (Wildman–Crippen MR) is 80.2 cm³/mol. The molecule has 0 aromatic heterocycles. The number of carboxylic acids is 1. The molecular formula is C16H15ClO4. The maximum atomic E-state index is 11.4. The minimum absolute atomic E-state index is 0.220. The number of para-hydroxylation sites is 1. The first-order valence-corrected chi connectivity index (χ1v) is 6.75. The first-order valence-electron chi connectivity index (χ1n) is 6.37. The van der Waals surface area contributed by atoms with E-state index in [9.17, 15) is 9.90 Å². The van der Waals surface area contributed by atoms with Crippen LogP contribution in [-0.2, 0) is 11.2 Å². The second kappa shape index (κ2) is 6.99. The average Bonchev–Trinajstić information content (AvgIpc) is 2.49. The highest BCUT2D eigenvalue weighted by Gasteiger charge is 2.21. The summed E-state index contributed by atoms with van der Waals surface area (Å²) in [6, 6.07) is 14.0. The van der Waals surface area contributed by atoms with Crippen LogP contribution in [0.5, 0.6) is 11.5 Å².